The van der Waals surface area contributed by atoms with E-state index in [0.717, 1.165) is 86.5 Å². The van der Waals surface area contributed by atoms with Crippen molar-refractivity contribution >= 4 is 35.1 Å². The zero-order valence-electron chi connectivity index (χ0n) is 48.4. The van der Waals surface area contributed by atoms with Crippen LogP contribution in [0.15, 0.2) is 109 Å². The lowest BCUT2D eigenvalue weighted by atomic mass is 9.75. The second-order valence-corrected chi connectivity index (χ2v) is 24.1. The van der Waals surface area contributed by atoms with Gasteiger partial charge in [-0.25, -0.2) is 17.6 Å². The number of benzene rings is 6. The molecule has 4 aliphatic carbocycles. The Balaban J connectivity index is 0.000000161. The highest BCUT2D eigenvalue weighted by Gasteiger charge is 2.40. The minimum absolute atomic E-state index is 0.0888. The van der Waals surface area contributed by atoms with Gasteiger partial charge < -0.3 is 29.2 Å². The van der Waals surface area contributed by atoms with Gasteiger partial charge in [0.05, 0.1) is 53.0 Å². The van der Waals surface area contributed by atoms with Gasteiger partial charge in [0.25, 0.3) is 0 Å². The van der Waals surface area contributed by atoms with Gasteiger partial charge >= 0.3 is 11.9 Å². The smallest absolute Gasteiger partial charge is 0.306 e. The molecule has 82 heavy (non-hydrogen) atoms. The summed E-state index contributed by atoms with van der Waals surface area (Å²) in [7, 11) is 5.90. The molecule has 6 aromatic carbocycles. The second kappa shape index (κ2) is 28.4. The molecule has 0 heterocycles. The van der Waals surface area contributed by atoms with Crippen LogP contribution in [0.2, 0.25) is 0 Å². The minimum atomic E-state index is -0.397. The maximum Gasteiger partial charge on any atom is 0.306 e. The summed E-state index contributed by atoms with van der Waals surface area (Å²) in [5, 5.41) is 18.9. The molecule has 4 aliphatic rings. The number of esters is 2. The summed E-state index contributed by atoms with van der Waals surface area (Å²) in [6.45, 7) is 8.89. The number of halogens is 6. The number of ether oxygens (including phenoxy) is 4. The molecular weight excluding hydrogens is 1090 g/mol. The molecular formula is C68H78Cl2F4O8. The molecule has 4 atom stereocenters. The Morgan fingerprint density at radius 1 is 0.512 bits per heavy atom. The molecule has 0 amide bonds. The number of phenols is 2. The van der Waals surface area contributed by atoms with Crippen molar-refractivity contribution in [2.45, 2.75) is 140 Å². The quantitative estimate of drug-likeness (QED) is 0.0560. The number of aromatic hydroxyl groups is 2. The van der Waals surface area contributed by atoms with Crippen molar-refractivity contribution in [1.82, 2.24) is 0 Å². The van der Waals surface area contributed by atoms with E-state index in [-0.39, 0.29) is 81.3 Å². The number of rotatable bonds is 16. The highest BCUT2D eigenvalue weighted by Crippen LogP contribution is 2.54. The topological polar surface area (TPSA) is 112 Å². The fourth-order valence-corrected chi connectivity index (χ4v) is 12.6. The molecule has 0 aromatic heterocycles. The van der Waals surface area contributed by atoms with E-state index in [0.29, 0.717) is 69.6 Å². The van der Waals surface area contributed by atoms with Gasteiger partial charge in [0.2, 0.25) is 0 Å². The Bertz CT molecular complexity index is 2950. The molecule has 0 aliphatic heterocycles. The van der Waals surface area contributed by atoms with Crippen LogP contribution in [-0.2, 0) is 30.8 Å². The largest absolute Gasteiger partial charge is 0.508 e. The molecule has 0 spiro atoms. The normalized spacial score (nSPS) is 18.3. The standard InChI is InChI=1S/2C21H23ClF2O.2C13H16O3/c2*1-21(2)8-4-5-18(21)16-9-13(12-22)20(24)11-15(16)17-10-14(25-3)6-7-19(17)23;2*1-16-13(15)8-12(9-5-6-9)10-3-2-4-11(14)7-10/h2*6-7,9-11,18H,4-5,8,12H2,1-3H3;2*2-4,7,9,12,14H,5-6,8H2,1H3/t2*18-;2*12-/m1010/s1. The number of carbonyl (C=O) groups is 2. The Kier molecular flexibility index (Phi) is 21.9. The molecule has 4 saturated carbocycles. The highest BCUT2D eigenvalue weighted by molar-refractivity contribution is 6.17. The zero-order chi connectivity index (χ0) is 59.5. The summed E-state index contributed by atoms with van der Waals surface area (Å²) in [5.74, 6) is 1.93. The van der Waals surface area contributed by atoms with Crippen LogP contribution >= 0.6 is 23.2 Å². The maximum absolute atomic E-state index is 14.6. The lowest BCUT2D eigenvalue weighted by Gasteiger charge is -2.30. The zero-order valence-corrected chi connectivity index (χ0v) is 49.9. The summed E-state index contributed by atoms with van der Waals surface area (Å²) < 4.78 is 77.9. The van der Waals surface area contributed by atoms with Crippen molar-refractivity contribution in [2.24, 2.45) is 22.7 Å². The number of alkyl halides is 2. The number of methoxy groups -OCH3 is 4. The lowest BCUT2D eigenvalue weighted by Crippen LogP contribution is -2.17. The highest BCUT2D eigenvalue weighted by atomic mass is 35.5. The molecule has 0 radical (unpaired) electrons. The van der Waals surface area contributed by atoms with E-state index in [2.05, 4.69) is 27.7 Å². The fraction of sp³-hybridized carbons (Fsp3) is 0.441. The van der Waals surface area contributed by atoms with E-state index in [9.17, 15) is 37.4 Å². The Morgan fingerprint density at radius 2 is 0.890 bits per heavy atom. The van der Waals surface area contributed by atoms with Crippen LogP contribution < -0.4 is 9.47 Å². The fourth-order valence-electron chi connectivity index (χ4n) is 12.2. The lowest BCUT2D eigenvalue weighted by molar-refractivity contribution is -0.142. The summed E-state index contributed by atoms with van der Waals surface area (Å²) in [6, 6.07) is 30.0. The van der Waals surface area contributed by atoms with Crippen LogP contribution in [0, 0.1) is 45.9 Å². The first kappa shape index (κ1) is 63.3. The van der Waals surface area contributed by atoms with Crippen LogP contribution in [0.3, 0.4) is 0 Å². The third-order valence-corrected chi connectivity index (χ3v) is 17.7. The van der Waals surface area contributed by atoms with Crippen LogP contribution in [-0.4, -0.2) is 50.6 Å². The third kappa shape index (κ3) is 16.1. The molecule has 6 aromatic rings. The van der Waals surface area contributed by atoms with E-state index in [1.165, 1.54) is 52.7 Å². The first-order chi connectivity index (χ1) is 39.1. The SMILES string of the molecule is COC(=O)C[C@@H](c1cccc(O)c1)C1CC1.COC(=O)C[C@H](c1cccc(O)c1)C1CC1.COc1ccc(F)c(-c2cc(F)c(CCl)cc2[C@@H]2CCCC2(C)C)c1.COc1ccc(F)c(-c2cc(F)c(CCl)cc2[C@H]2CCCC2(C)C)c1. The monoisotopic (exact) mass is 1170 g/mol. The van der Waals surface area contributed by atoms with Crippen LogP contribution in [0.1, 0.15) is 162 Å². The van der Waals surface area contributed by atoms with E-state index in [1.54, 1.807) is 48.5 Å². The van der Waals surface area contributed by atoms with E-state index >= 15 is 0 Å². The van der Waals surface area contributed by atoms with Crippen molar-refractivity contribution in [3.63, 3.8) is 0 Å². The molecule has 440 valence electrons. The van der Waals surface area contributed by atoms with E-state index < -0.39 is 11.6 Å². The molecule has 14 heteroatoms. The van der Waals surface area contributed by atoms with Crippen LogP contribution in [0.4, 0.5) is 17.6 Å². The van der Waals surface area contributed by atoms with Crippen LogP contribution in [0.5, 0.6) is 23.0 Å². The van der Waals surface area contributed by atoms with Gasteiger partial charge in [-0.2, -0.15) is 0 Å². The number of hydrogen-bond donors (Lipinski definition) is 2. The van der Waals surface area contributed by atoms with E-state index in [1.807, 2.05) is 36.4 Å². The van der Waals surface area contributed by atoms with Crippen molar-refractivity contribution in [3.8, 4) is 45.3 Å². The van der Waals surface area contributed by atoms with Crippen molar-refractivity contribution in [1.29, 1.82) is 0 Å². The summed E-state index contributed by atoms with van der Waals surface area (Å²) >= 11 is 11.9. The van der Waals surface area contributed by atoms with Crippen molar-refractivity contribution in [2.75, 3.05) is 28.4 Å². The van der Waals surface area contributed by atoms with Gasteiger partial charge in [0.15, 0.2) is 0 Å². The Morgan fingerprint density at radius 3 is 1.18 bits per heavy atom. The van der Waals surface area contributed by atoms with Crippen LogP contribution in [0.25, 0.3) is 22.3 Å². The molecule has 4 fully saturated rings. The summed E-state index contributed by atoms with van der Waals surface area (Å²) in [4.78, 5) is 22.7. The molecule has 0 saturated heterocycles. The summed E-state index contributed by atoms with van der Waals surface area (Å²) in [5.41, 5.74) is 7.08. The number of carbonyl (C=O) groups excluding carboxylic acids is 2. The van der Waals surface area contributed by atoms with Gasteiger partial charge in [-0.3, -0.25) is 9.59 Å². The molecule has 8 nitrogen and oxygen atoms in total. The van der Waals surface area contributed by atoms with Crippen molar-refractivity contribution in [3.05, 3.63) is 166 Å². The van der Waals surface area contributed by atoms with Gasteiger partial charge in [0.1, 0.15) is 46.3 Å². The van der Waals surface area contributed by atoms with E-state index in [4.69, 9.17) is 42.1 Å². The number of phenolic OH excluding ortho intramolecular Hbond substituents is 2. The van der Waals surface area contributed by atoms with Gasteiger partial charge in [-0.1, -0.05) is 76.9 Å². The first-order valence-corrected chi connectivity index (χ1v) is 29.4. The third-order valence-electron chi connectivity index (χ3n) is 17.1. The minimum Gasteiger partial charge on any atom is -0.508 e. The second-order valence-electron chi connectivity index (χ2n) is 23.5. The van der Waals surface area contributed by atoms with Gasteiger partial charge in [0, 0.05) is 22.3 Å². The number of hydrogen-bond acceptors (Lipinski definition) is 8. The molecule has 10 rings (SSSR count). The van der Waals surface area contributed by atoms with Crippen molar-refractivity contribution < 1.29 is 56.3 Å². The van der Waals surface area contributed by atoms with Gasteiger partial charge in [-0.15, -0.1) is 23.2 Å². The maximum atomic E-state index is 14.6. The average molecular weight is 1170 g/mol. The molecule has 2 N–H and O–H groups in total. The average Bonchev–Trinajstić information content (AvgIpc) is 3.71. The Hall–Kier alpha value is -6.24. The van der Waals surface area contributed by atoms with Gasteiger partial charge in [-0.05, 0) is 204 Å². The predicted octanol–water partition coefficient (Wildman–Crippen LogP) is 18.2. The Labute approximate surface area is 491 Å². The first-order valence-electron chi connectivity index (χ1n) is 28.3. The molecule has 0 bridgehead atoms. The molecule has 0 unspecified atom stereocenters. The predicted molar refractivity (Wildman–Crippen MR) is 317 cm³/mol. The summed E-state index contributed by atoms with van der Waals surface area (Å²) in [6.07, 6.45) is 11.9.